The van der Waals surface area contributed by atoms with E-state index in [0.717, 1.165) is 17.7 Å². The van der Waals surface area contributed by atoms with E-state index in [4.69, 9.17) is 4.74 Å². The molecule has 0 unspecified atom stereocenters. The minimum Gasteiger partial charge on any atom is -0.490 e. The van der Waals surface area contributed by atoms with Crippen LogP contribution in [0.4, 0.5) is 0 Å². The van der Waals surface area contributed by atoms with Gasteiger partial charge in [-0.1, -0.05) is 30.4 Å². The van der Waals surface area contributed by atoms with E-state index < -0.39 is 0 Å². The maximum absolute atomic E-state index is 11.0. The third kappa shape index (κ3) is 6.46. The molecule has 0 saturated heterocycles. The molecule has 19 heavy (non-hydrogen) atoms. The van der Waals surface area contributed by atoms with Crippen molar-refractivity contribution in [1.82, 2.24) is 0 Å². The summed E-state index contributed by atoms with van der Waals surface area (Å²) in [6.45, 7) is 4.19. The van der Waals surface area contributed by atoms with Gasteiger partial charge in [-0.25, -0.2) is 0 Å². The third-order valence-electron chi connectivity index (χ3n) is 2.58. The Morgan fingerprint density at radius 3 is 2.63 bits per heavy atom. The van der Waals surface area contributed by atoms with Crippen LogP contribution < -0.4 is 4.74 Å². The average Bonchev–Trinajstić information content (AvgIpc) is 2.45. The molecule has 1 aromatic rings. The fourth-order valence-corrected chi connectivity index (χ4v) is 1.51. The number of carbonyl (C=O) groups is 1. The van der Waals surface area contributed by atoms with Crippen molar-refractivity contribution < 1.29 is 14.3 Å². The number of esters is 1. The lowest BCUT2D eigenvalue weighted by molar-refractivity contribution is -0.140. The number of hydrogen-bond donors (Lipinski definition) is 0. The number of benzene rings is 1. The maximum Gasteiger partial charge on any atom is 0.305 e. The van der Waals surface area contributed by atoms with Crippen LogP contribution in [0.15, 0.2) is 49.1 Å². The fraction of sp³-hybridized carbons (Fsp3) is 0.312. The standard InChI is InChI=1S/C16H20O3/c1-3-4-5-6-13-19-15-10-7-14(8-11-15)9-12-16(17)18-2/h3,5-8,10-11H,1,4,9,12-13H2,2H3. The van der Waals surface area contributed by atoms with Gasteiger partial charge in [-0.15, -0.1) is 6.58 Å². The Labute approximate surface area is 114 Å². The van der Waals surface area contributed by atoms with E-state index in [2.05, 4.69) is 11.3 Å². The summed E-state index contributed by atoms with van der Waals surface area (Å²) in [7, 11) is 1.40. The van der Waals surface area contributed by atoms with Gasteiger partial charge in [0.15, 0.2) is 0 Å². The van der Waals surface area contributed by atoms with Crippen molar-refractivity contribution in [1.29, 1.82) is 0 Å². The molecule has 0 amide bonds. The van der Waals surface area contributed by atoms with Crippen LogP contribution in [0, 0.1) is 0 Å². The Morgan fingerprint density at radius 1 is 1.26 bits per heavy atom. The number of aryl methyl sites for hydroxylation is 1. The Bertz CT molecular complexity index is 418. The van der Waals surface area contributed by atoms with E-state index in [1.807, 2.05) is 42.5 Å². The van der Waals surface area contributed by atoms with Crippen LogP contribution in [0.3, 0.4) is 0 Å². The number of ether oxygens (including phenoxy) is 2. The molecule has 0 fully saturated rings. The van der Waals surface area contributed by atoms with Crippen LogP contribution in [-0.2, 0) is 16.0 Å². The molecule has 3 heteroatoms. The van der Waals surface area contributed by atoms with Gasteiger partial charge >= 0.3 is 5.97 Å². The number of allylic oxidation sites excluding steroid dienone is 2. The predicted octanol–water partition coefficient (Wildman–Crippen LogP) is 3.30. The van der Waals surface area contributed by atoms with Crippen LogP contribution in [0.25, 0.3) is 0 Å². The third-order valence-corrected chi connectivity index (χ3v) is 2.58. The van der Waals surface area contributed by atoms with E-state index in [1.54, 1.807) is 0 Å². The Hall–Kier alpha value is -2.03. The molecule has 0 radical (unpaired) electrons. The highest BCUT2D eigenvalue weighted by atomic mass is 16.5. The monoisotopic (exact) mass is 260 g/mol. The normalized spacial score (nSPS) is 10.4. The van der Waals surface area contributed by atoms with Crippen LogP contribution in [-0.4, -0.2) is 19.7 Å². The topological polar surface area (TPSA) is 35.5 Å². The minimum absolute atomic E-state index is 0.187. The van der Waals surface area contributed by atoms with Crippen LogP contribution >= 0.6 is 0 Å². The molecule has 1 aromatic carbocycles. The molecule has 0 spiro atoms. The van der Waals surface area contributed by atoms with Crippen molar-refractivity contribution in [3.05, 3.63) is 54.6 Å². The average molecular weight is 260 g/mol. The highest BCUT2D eigenvalue weighted by Crippen LogP contribution is 2.13. The van der Waals surface area contributed by atoms with Gasteiger partial charge < -0.3 is 9.47 Å². The first-order valence-electron chi connectivity index (χ1n) is 6.30. The highest BCUT2D eigenvalue weighted by molar-refractivity contribution is 5.69. The number of methoxy groups -OCH3 is 1. The van der Waals surface area contributed by atoms with E-state index in [-0.39, 0.29) is 5.97 Å². The summed E-state index contributed by atoms with van der Waals surface area (Å²) in [6, 6.07) is 7.75. The van der Waals surface area contributed by atoms with Crippen molar-refractivity contribution >= 4 is 5.97 Å². The summed E-state index contributed by atoms with van der Waals surface area (Å²) in [4.78, 5) is 11.0. The number of carbonyl (C=O) groups excluding carboxylic acids is 1. The minimum atomic E-state index is -0.187. The molecule has 0 atom stereocenters. The SMILES string of the molecule is C=CCC=CCOc1ccc(CCC(=O)OC)cc1. The van der Waals surface area contributed by atoms with E-state index in [9.17, 15) is 4.79 Å². The molecule has 102 valence electrons. The quantitative estimate of drug-likeness (QED) is 0.531. The zero-order chi connectivity index (χ0) is 13.9. The zero-order valence-corrected chi connectivity index (χ0v) is 11.3. The lowest BCUT2D eigenvalue weighted by Crippen LogP contribution is -2.01. The van der Waals surface area contributed by atoms with Gasteiger partial charge in [0, 0.05) is 6.42 Å². The first-order chi connectivity index (χ1) is 9.26. The van der Waals surface area contributed by atoms with Gasteiger partial charge in [-0.3, -0.25) is 4.79 Å². The number of hydrogen-bond acceptors (Lipinski definition) is 3. The van der Waals surface area contributed by atoms with E-state index in [1.165, 1.54) is 7.11 Å². The second-order valence-corrected chi connectivity index (χ2v) is 4.03. The molecule has 0 aromatic heterocycles. The summed E-state index contributed by atoms with van der Waals surface area (Å²) < 4.78 is 10.1. The van der Waals surface area contributed by atoms with Crippen molar-refractivity contribution in [3.8, 4) is 5.75 Å². The van der Waals surface area contributed by atoms with Gasteiger partial charge in [0.05, 0.1) is 7.11 Å². The molecular weight excluding hydrogens is 240 g/mol. The molecule has 0 saturated carbocycles. The molecule has 0 bridgehead atoms. The molecule has 0 aliphatic carbocycles. The zero-order valence-electron chi connectivity index (χ0n) is 11.3. The second-order valence-electron chi connectivity index (χ2n) is 4.03. The Kier molecular flexibility index (Phi) is 7.10. The molecule has 0 N–H and O–H groups in total. The van der Waals surface area contributed by atoms with E-state index in [0.29, 0.717) is 19.4 Å². The van der Waals surface area contributed by atoms with Crippen molar-refractivity contribution in [2.75, 3.05) is 13.7 Å². The highest BCUT2D eigenvalue weighted by Gasteiger charge is 2.01. The maximum atomic E-state index is 11.0. The van der Waals surface area contributed by atoms with Crippen LogP contribution in [0.1, 0.15) is 18.4 Å². The van der Waals surface area contributed by atoms with Crippen molar-refractivity contribution in [2.45, 2.75) is 19.3 Å². The molecule has 1 rings (SSSR count). The first kappa shape index (κ1) is 15.0. The van der Waals surface area contributed by atoms with Gasteiger partial charge in [0.1, 0.15) is 12.4 Å². The van der Waals surface area contributed by atoms with Gasteiger partial charge in [-0.05, 0) is 30.5 Å². The molecule has 0 heterocycles. The smallest absolute Gasteiger partial charge is 0.305 e. The van der Waals surface area contributed by atoms with Crippen LogP contribution in [0.5, 0.6) is 5.75 Å². The molecule has 3 nitrogen and oxygen atoms in total. The largest absolute Gasteiger partial charge is 0.490 e. The Balaban J connectivity index is 2.34. The predicted molar refractivity (Wildman–Crippen MR) is 76.2 cm³/mol. The summed E-state index contributed by atoms with van der Waals surface area (Å²) in [5.41, 5.74) is 1.10. The van der Waals surface area contributed by atoms with Gasteiger partial charge in [0.2, 0.25) is 0 Å². The summed E-state index contributed by atoms with van der Waals surface area (Å²) in [5, 5.41) is 0. The molecule has 0 aliphatic rings. The van der Waals surface area contributed by atoms with Gasteiger partial charge in [-0.2, -0.15) is 0 Å². The summed E-state index contributed by atoms with van der Waals surface area (Å²) in [5.74, 6) is 0.637. The van der Waals surface area contributed by atoms with E-state index >= 15 is 0 Å². The van der Waals surface area contributed by atoms with Crippen molar-refractivity contribution in [3.63, 3.8) is 0 Å². The molecular formula is C16H20O3. The summed E-state index contributed by atoms with van der Waals surface area (Å²) in [6.07, 6.45) is 7.76. The number of rotatable bonds is 8. The lowest BCUT2D eigenvalue weighted by Gasteiger charge is -2.05. The lowest BCUT2D eigenvalue weighted by atomic mass is 10.1. The van der Waals surface area contributed by atoms with Gasteiger partial charge in [0.25, 0.3) is 0 Å². The van der Waals surface area contributed by atoms with Crippen LogP contribution in [0.2, 0.25) is 0 Å². The Morgan fingerprint density at radius 2 is 2.00 bits per heavy atom. The first-order valence-corrected chi connectivity index (χ1v) is 6.30. The second kappa shape index (κ2) is 8.97. The summed E-state index contributed by atoms with van der Waals surface area (Å²) >= 11 is 0. The molecule has 0 aliphatic heterocycles. The fourth-order valence-electron chi connectivity index (χ4n) is 1.51. The van der Waals surface area contributed by atoms with Crippen molar-refractivity contribution in [2.24, 2.45) is 0 Å².